The predicted octanol–water partition coefficient (Wildman–Crippen LogP) is 5.25. The van der Waals surface area contributed by atoms with Crippen LogP contribution in [0.25, 0.3) is 10.9 Å². The van der Waals surface area contributed by atoms with Crippen LogP contribution in [0.5, 0.6) is 17.2 Å². The third-order valence-corrected chi connectivity index (χ3v) is 7.81. The van der Waals surface area contributed by atoms with Crippen LogP contribution in [-0.4, -0.2) is 34.6 Å². The Hall–Kier alpha value is -3.98. The molecule has 0 bridgehead atoms. The van der Waals surface area contributed by atoms with Gasteiger partial charge in [0.25, 0.3) is 5.56 Å². The molecule has 0 radical (unpaired) electrons. The minimum Gasteiger partial charge on any atom is -0.497 e. The fourth-order valence-corrected chi connectivity index (χ4v) is 5.24. The van der Waals surface area contributed by atoms with Crippen molar-refractivity contribution >= 4 is 34.3 Å². The molecule has 0 spiro atoms. The van der Waals surface area contributed by atoms with E-state index in [4.69, 9.17) is 19.2 Å². The number of nitrogens with one attached hydrogen (secondary N) is 1. The van der Waals surface area contributed by atoms with Gasteiger partial charge in [0.05, 0.1) is 29.8 Å². The van der Waals surface area contributed by atoms with Crippen molar-refractivity contribution in [3.05, 3.63) is 82.1 Å². The molecule has 1 atom stereocenters. The third kappa shape index (κ3) is 5.33. The van der Waals surface area contributed by atoms with Crippen molar-refractivity contribution in [1.29, 1.82) is 0 Å². The number of benzene rings is 3. The van der Waals surface area contributed by atoms with Gasteiger partial charge in [0.1, 0.15) is 5.75 Å². The van der Waals surface area contributed by atoms with Gasteiger partial charge < -0.3 is 19.5 Å². The zero-order valence-electron chi connectivity index (χ0n) is 21.5. The molecule has 0 aliphatic carbocycles. The van der Waals surface area contributed by atoms with Gasteiger partial charge in [0, 0.05) is 11.8 Å². The second-order valence-corrected chi connectivity index (χ2v) is 10.1. The van der Waals surface area contributed by atoms with E-state index in [9.17, 15) is 9.59 Å². The summed E-state index contributed by atoms with van der Waals surface area (Å²) in [6.45, 7) is 4.43. The third-order valence-electron chi connectivity index (χ3n) is 6.45. The van der Waals surface area contributed by atoms with Gasteiger partial charge in [0.2, 0.25) is 12.7 Å². The maximum absolute atomic E-state index is 13.8. The summed E-state index contributed by atoms with van der Waals surface area (Å²) in [6, 6.07) is 18.7. The number of nitrogens with zero attached hydrogens (tertiary/aromatic N) is 2. The van der Waals surface area contributed by atoms with Crippen LogP contribution in [0, 0.1) is 0 Å². The van der Waals surface area contributed by atoms with Gasteiger partial charge in [-0.25, -0.2) is 4.98 Å². The molecule has 196 valence electrons. The Morgan fingerprint density at radius 3 is 2.39 bits per heavy atom. The lowest BCUT2D eigenvalue weighted by molar-refractivity contribution is -0.115. The number of rotatable bonds is 9. The highest BCUT2D eigenvalue weighted by molar-refractivity contribution is 8.00. The van der Waals surface area contributed by atoms with Crippen molar-refractivity contribution < 1.29 is 19.0 Å². The van der Waals surface area contributed by atoms with Crippen molar-refractivity contribution in [3.8, 4) is 17.2 Å². The van der Waals surface area contributed by atoms with Crippen molar-refractivity contribution in [2.24, 2.45) is 0 Å². The lowest BCUT2D eigenvalue weighted by Gasteiger charge is -2.18. The first-order valence-corrected chi connectivity index (χ1v) is 13.4. The molecular weight excluding hydrogens is 502 g/mol. The molecule has 8 nitrogen and oxygen atoms in total. The largest absolute Gasteiger partial charge is 0.497 e. The topological polar surface area (TPSA) is 91.7 Å². The maximum atomic E-state index is 13.8. The average molecular weight is 532 g/mol. The number of ether oxygens (including phenoxy) is 3. The number of carbonyl (C=O) groups is 1. The highest BCUT2D eigenvalue weighted by atomic mass is 32.2. The summed E-state index contributed by atoms with van der Waals surface area (Å²) < 4.78 is 17.9. The Balaban J connectivity index is 1.50. The fraction of sp³-hybridized carbons (Fsp3) is 0.276. The molecule has 0 unspecified atom stereocenters. The van der Waals surface area contributed by atoms with Gasteiger partial charge in [0.15, 0.2) is 16.7 Å². The van der Waals surface area contributed by atoms with Gasteiger partial charge >= 0.3 is 0 Å². The first-order chi connectivity index (χ1) is 18.5. The first kappa shape index (κ1) is 25.7. The standard InChI is InChI=1S/C29H29N3O5S/c1-4-18-6-10-20(11-7-18)30-27(33)26(5-2)38-29-31-23-15-25-24(36-17-37-25)14-22(23)28(34)32(29)16-19-8-12-21(35-3)13-9-19/h6-15,26H,4-5,16-17H2,1-3H3,(H,30,33)/t26-/m0/s1. The zero-order chi connectivity index (χ0) is 26.6. The Labute approximate surface area is 224 Å². The van der Waals surface area contributed by atoms with Gasteiger partial charge in [-0.3, -0.25) is 14.2 Å². The van der Waals surface area contributed by atoms with E-state index < -0.39 is 5.25 Å². The molecule has 0 fully saturated rings. The van der Waals surface area contributed by atoms with E-state index in [0.717, 1.165) is 23.4 Å². The molecule has 0 saturated heterocycles. The number of aryl methyl sites for hydroxylation is 1. The van der Waals surface area contributed by atoms with Gasteiger partial charge in [-0.2, -0.15) is 0 Å². The highest BCUT2D eigenvalue weighted by Crippen LogP contribution is 2.35. The highest BCUT2D eigenvalue weighted by Gasteiger charge is 2.24. The summed E-state index contributed by atoms with van der Waals surface area (Å²) >= 11 is 1.28. The molecular formula is C29H29N3O5S. The number of amides is 1. The molecule has 9 heteroatoms. The molecule has 0 saturated carbocycles. The molecule has 3 aromatic carbocycles. The second kappa shape index (κ2) is 11.2. The van der Waals surface area contributed by atoms with E-state index in [1.807, 2.05) is 55.5 Å². The number of carbonyl (C=O) groups excluding carboxylic acids is 1. The molecule has 1 amide bonds. The van der Waals surface area contributed by atoms with Gasteiger partial charge in [-0.1, -0.05) is 49.9 Å². The molecule has 1 aliphatic heterocycles. The van der Waals surface area contributed by atoms with Crippen molar-refractivity contribution in [2.75, 3.05) is 19.2 Å². The molecule has 5 rings (SSSR count). The van der Waals surface area contributed by atoms with E-state index in [1.165, 1.54) is 17.3 Å². The predicted molar refractivity (Wildman–Crippen MR) is 149 cm³/mol. The van der Waals surface area contributed by atoms with Crippen LogP contribution in [0.2, 0.25) is 0 Å². The number of anilines is 1. The lowest BCUT2D eigenvalue weighted by atomic mass is 10.1. The monoisotopic (exact) mass is 531 g/mol. The second-order valence-electron chi connectivity index (χ2n) is 8.91. The van der Waals surface area contributed by atoms with Crippen molar-refractivity contribution in [1.82, 2.24) is 9.55 Å². The molecule has 38 heavy (non-hydrogen) atoms. The van der Waals surface area contributed by atoms with E-state index >= 15 is 0 Å². The smallest absolute Gasteiger partial charge is 0.262 e. The summed E-state index contributed by atoms with van der Waals surface area (Å²) in [5.41, 5.74) is 3.13. The van der Waals surface area contributed by atoms with Crippen molar-refractivity contribution in [2.45, 2.75) is 43.6 Å². The SMILES string of the molecule is CCc1ccc(NC(=O)[C@H](CC)Sc2nc3cc4c(cc3c(=O)n2Cc2ccc(OC)cc2)OCO4)cc1. The molecule has 1 aliphatic rings. The Morgan fingerprint density at radius 1 is 1.05 bits per heavy atom. The quantitative estimate of drug-likeness (QED) is 0.233. The van der Waals surface area contributed by atoms with Gasteiger partial charge in [-0.05, 0) is 54.3 Å². The number of methoxy groups -OCH3 is 1. The van der Waals surface area contributed by atoms with E-state index in [1.54, 1.807) is 23.8 Å². The van der Waals surface area contributed by atoms with Crippen molar-refractivity contribution in [3.63, 3.8) is 0 Å². The molecule has 4 aromatic rings. The average Bonchev–Trinajstić information content (AvgIpc) is 3.41. The Kier molecular flexibility index (Phi) is 7.55. The normalized spacial score (nSPS) is 12.9. The number of hydrogen-bond acceptors (Lipinski definition) is 7. The number of thioether (sulfide) groups is 1. The summed E-state index contributed by atoms with van der Waals surface area (Å²) in [6.07, 6.45) is 1.49. The molecule has 1 N–H and O–H groups in total. The minimum absolute atomic E-state index is 0.102. The van der Waals surface area contributed by atoms with E-state index in [-0.39, 0.29) is 18.3 Å². The first-order valence-electron chi connectivity index (χ1n) is 12.5. The van der Waals surface area contributed by atoms with Crippen LogP contribution in [0.4, 0.5) is 5.69 Å². The number of fused-ring (bicyclic) bond motifs is 2. The van der Waals surface area contributed by atoms with Crippen LogP contribution in [-0.2, 0) is 17.8 Å². The molecule has 1 aromatic heterocycles. The molecule has 2 heterocycles. The summed E-state index contributed by atoms with van der Waals surface area (Å²) in [5, 5.41) is 3.44. The van der Waals surface area contributed by atoms with Crippen LogP contribution in [0.3, 0.4) is 0 Å². The zero-order valence-corrected chi connectivity index (χ0v) is 22.3. The van der Waals surface area contributed by atoms with Crippen LogP contribution in [0.1, 0.15) is 31.4 Å². The Bertz CT molecular complexity index is 1520. The minimum atomic E-state index is -0.457. The van der Waals surface area contributed by atoms with Crippen LogP contribution >= 0.6 is 11.8 Å². The summed E-state index contributed by atoms with van der Waals surface area (Å²) in [7, 11) is 1.61. The summed E-state index contributed by atoms with van der Waals surface area (Å²) in [4.78, 5) is 31.8. The maximum Gasteiger partial charge on any atom is 0.262 e. The van der Waals surface area contributed by atoms with Crippen LogP contribution < -0.4 is 25.1 Å². The van der Waals surface area contributed by atoms with Gasteiger partial charge in [-0.15, -0.1) is 0 Å². The Morgan fingerprint density at radius 2 is 1.74 bits per heavy atom. The lowest BCUT2D eigenvalue weighted by Crippen LogP contribution is -2.28. The summed E-state index contributed by atoms with van der Waals surface area (Å²) in [5.74, 6) is 1.66. The fourth-order valence-electron chi connectivity index (χ4n) is 4.23. The van der Waals surface area contributed by atoms with E-state index in [2.05, 4.69) is 12.2 Å². The van der Waals surface area contributed by atoms with Crippen LogP contribution in [0.15, 0.2) is 70.6 Å². The number of aromatic nitrogens is 2. The number of hydrogen-bond donors (Lipinski definition) is 1. The van der Waals surface area contributed by atoms with E-state index in [0.29, 0.717) is 40.5 Å².